The highest BCUT2D eigenvalue weighted by atomic mass is 16.5. The normalized spacial score (nSPS) is 9.92. The number of hydrazine groups is 1. The molecule has 0 aromatic heterocycles. The Labute approximate surface area is 139 Å². The van der Waals surface area contributed by atoms with Crippen LogP contribution >= 0.6 is 0 Å². The molecule has 24 heavy (non-hydrogen) atoms. The van der Waals surface area contributed by atoms with Crippen LogP contribution in [0.4, 0.5) is 0 Å². The fraction of sp³-hybridized carbons (Fsp3) is 0.176. The van der Waals surface area contributed by atoms with Crippen molar-refractivity contribution in [3.63, 3.8) is 0 Å². The van der Waals surface area contributed by atoms with Gasteiger partial charge in [0.2, 0.25) is 0 Å². The Hall–Kier alpha value is -3.22. The molecule has 7 nitrogen and oxygen atoms in total. The molecule has 2 aromatic rings. The smallest absolute Gasteiger partial charge is 0.273 e. The van der Waals surface area contributed by atoms with Gasteiger partial charge in [-0.25, -0.2) is 0 Å². The van der Waals surface area contributed by atoms with Gasteiger partial charge in [0.15, 0.2) is 0 Å². The predicted molar refractivity (Wildman–Crippen MR) is 87.2 cm³/mol. The average molecular weight is 330 g/mol. The average Bonchev–Trinajstić information content (AvgIpc) is 2.60. The summed E-state index contributed by atoms with van der Waals surface area (Å²) in [5.41, 5.74) is 4.90. The number of phenolic OH excluding ortho intramolecular Hbond substituents is 1. The van der Waals surface area contributed by atoms with Gasteiger partial charge in [-0.2, -0.15) is 0 Å². The van der Waals surface area contributed by atoms with Gasteiger partial charge in [0, 0.05) is 11.6 Å². The monoisotopic (exact) mass is 330 g/mol. The summed E-state index contributed by atoms with van der Waals surface area (Å²) < 4.78 is 10.2. The number of ether oxygens (including phenoxy) is 2. The number of nitrogens with one attached hydrogen (secondary N) is 2. The van der Waals surface area contributed by atoms with Gasteiger partial charge in [0.25, 0.3) is 11.8 Å². The SMILES string of the molecule is CCOc1ccc(C(=O)NNC(=O)c2ccc(OC)cc2O)cc1. The van der Waals surface area contributed by atoms with Crippen molar-refractivity contribution >= 4 is 11.8 Å². The lowest BCUT2D eigenvalue weighted by Crippen LogP contribution is -2.41. The molecular weight excluding hydrogens is 312 g/mol. The summed E-state index contributed by atoms with van der Waals surface area (Å²) in [4.78, 5) is 24.0. The summed E-state index contributed by atoms with van der Waals surface area (Å²) in [6.07, 6.45) is 0. The largest absolute Gasteiger partial charge is 0.507 e. The van der Waals surface area contributed by atoms with Crippen LogP contribution in [0.3, 0.4) is 0 Å². The predicted octanol–water partition coefficient (Wildman–Crippen LogP) is 1.87. The molecule has 0 saturated carbocycles. The quantitative estimate of drug-likeness (QED) is 0.727. The number of benzene rings is 2. The number of rotatable bonds is 5. The van der Waals surface area contributed by atoms with Crippen LogP contribution in [0.25, 0.3) is 0 Å². The number of hydrogen-bond acceptors (Lipinski definition) is 5. The number of carbonyl (C=O) groups excluding carboxylic acids is 2. The number of phenols is 1. The summed E-state index contributed by atoms with van der Waals surface area (Å²) in [6, 6.07) is 10.7. The number of hydrogen-bond donors (Lipinski definition) is 3. The van der Waals surface area contributed by atoms with Crippen LogP contribution in [0.15, 0.2) is 42.5 Å². The van der Waals surface area contributed by atoms with Crippen LogP contribution in [-0.4, -0.2) is 30.6 Å². The van der Waals surface area contributed by atoms with Crippen molar-refractivity contribution in [2.24, 2.45) is 0 Å². The minimum atomic E-state index is -0.644. The first-order chi connectivity index (χ1) is 11.5. The molecule has 0 aliphatic rings. The number of aromatic hydroxyl groups is 1. The molecule has 0 radical (unpaired) electrons. The second kappa shape index (κ2) is 7.87. The molecule has 0 atom stereocenters. The molecule has 7 heteroatoms. The number of amides is 2. The summed E-state index contributed by atoms with van der Waals surface area (Å²) in [6.45, 7) is 2.40. The van der Waals surface area contributed by atoms with E-state index in [0.29, 0.717) is 23.7 Å². The fourth-order valence-corrected chi connectivity index (χ4v) is 1.95. The molecule has 0 spiro atoms. The second-order valence-corrected chi connectivity index (χ2v) is 4.75. The van der Waals surface area contributed by atoms with Gasteiger partial charge in [0.05, 0.1) is 19.3 Å². The lowest BCUT2D eigenvalue weighted by Gasteiger charge is -2.10. The molecule has 0 aliphatic heterocycles. The van der Waals surface area contributed by atoms with E-state index in [0.717, 1.165) is 0 Å². The van der Waals surface area contributed by atoms with Crippen LogP contribution < -0.4 is 20.3 Å². The molecule has 2 aromatic carbocycles. The topological polar surface area (TPSA) is 96.9 Å². The molecule has 0 heterocycles. The van der Waals surface area contributed by atoms with E-state index in [-0.39, 0.29) is 11.3 Å². The maximum absolute atomic E-state index is 12.0. The highest BCUT2D eigenvalue weighted by molar-refractivity contribution is 6.00. The van der Waals surface area contributed by atoms with E-state index >= 15 is 0 Å². The van der Waals surface area contributed by atoms with E-state index in [2.05, 4.69) is 10.9 Å². The Morgan fingerprint density at radius 3 is 2.21 bits per heavy atom. The Bertz CT molecular complexity index is 728. The van der Waals surface area contributed by atoms with E-state index in [1.165, 1.54) is 25.3 Å². The van der Waals surface area contributed by atoms with Crippen LogP contribution in [0.1, 0.15) is 27.6 Å². The molecule has 126 valence electrons. The standard InChI is InChI=1S/C17H18N2O5/c1-3-24-12-6-4-11(5-7-12)16(21)18-19-17(22)14-9-8-13(23-2)10-15(14)20/h4-10,20H,3H2,1-2H3,(H,18,21)(H,19,22). The maximum atomic E-state index is 12.0. The third-order valence-electron chi connectivity index (χ3n) is 3.17. The van der Waals surface area contributed by atoms with Crippen LogP contribution in [0.2, 0.25) is 0 Å². The third kappa shape index (κ3) is 4.16. The molecule has 2 rings (SSSR count). The zero-order valence-corrected chi connectivity index (χ0v) is 13.3. The van der Waals surface area contributed by atoms with E-state index in [9.17, 15) is 14.7 Å². The van der Waals surface area contributed by atoms with Gasteiger partial charge >= 0.3 is 0 Å². The summed E-state index contributed by atoms with van der Waals surface area (Å²) in [7, 11) is 1.45. The lowest BCUT2D eigenvalue weighted by atomic mass is 10.2. The Kier molecular flexibility index (Phi) is 5.62. The summed E-state index contributed by atoms with van der Waals surface area (Å²) in [5.74, 6) is -0.306. The molecule has 0 aliphatic carbocycles. The highest BCUT2D eigenvalue weighted by Crippen LogP contribution is 2.23. The molecular formula is C17H18N2O5. The Morgan fingerprint density at radius 1 is 1.00 bits per heavy atom. The van der Waals surface area contributed by atoms with Crippen molar-refractivity contribution in [2.45, 2.75) is 6.92 Å². The van der Waals surface area contributed by atoms with Crippen LogP contribution in [0, 0.1) is 0 Å². The van der Waals surface area contributed by atoms with Crippen molar-refractivity contribution in [3.8, 4) is 17.2 Å². The zero-order chi connectivity index (χ0) is 17.5. The van der Waals surface area contributed by atoms with Crippen LogP contribution in [-0.2, 0) is 0 Å². The van der Waals surface area contributed by atoms with Crippen molar-refractivity contribution in [1.82, 2.24) is 10.9 Å². The molecule has 2 amide bonds. The van der Waals surface area contributed by atoms with Crippen molar-refractivity contribution in [1.29, 1.82) is 0 Å². The van der Waals surface area contributed by atoms with Gasteiger partial charge in [-0.1, -0.05) is 0 Å². The van der Waals surface area contributed by atoms with Crippen LogP contribution in [0.5, 0.6) is 17.2 Å². The van der Waals surface area contributed by atoms with Crippen molar-refractivity contribution in [3.05, 3.63) is 53.6 Å². The van der Waals surface area contributed by atoms with Gasteiger partial charge in [-0.3, -0.25) is 20.4 Å². The molecule has 3 N–H and O–H groups in total. The van der Waals surface area contributed by atoms with E-state index in [1.807, 2.05) is 6.92 Å². The first-order valence-corrected chi connectivity index (χ1v) is 7.25. The van der Waals surface area contributed by atoms with Gasteiger partial charge in [-0.05, 0) is 43.3 Å². The molecule has 0 saturated heterocycles. The highest BCUT2D eigenvalue weighted by Gasteiger charge is 2.13. The Morgan fingerprint density at radius 2 is 1.62 bits per heavy atom. The molecule has 0 bridgehead atoms. The number of methoxy groups -OCH3 is 1. The molecule has 0 unspecified atom stereocenters. The summed E-state index contributed by atoms with van der Waals surface area (Å²) in [5, 5.41) is 9.79. The number of carbonyl (C=O) groups is 2. The minimum absolute atomic E-state index is 0.0165. The van der Waals surface area contributed by atoms with E-state index < -0.39 is 11.8 Å². The lowest BCUT2D eigenvalue weighted by molar-refractivity contribution is 0.0845. The summed E-state index contributed by atoms with van der Waals surface area (Å²) >= 11 is 0. The van der Waals surface area contributed by atoms with E-state index in [4.69, 9.17) is 9.47 Å². The van der Waals surface area contributed by atoms with Crippen molar-refractivity contribution < 1.29 is 24.2 Å². The first-order valence-electron chi connectivity index (χ1n) is 7.25. The fourth-order valence-electron chi connectivity index (χ4n) is 1.95. The second-order valence-electron chi connectivity index (χ2n) is 4.75. The zero-order valence-electron chi connectivity index (χ0n) is 13.3. The van der Waals surface area contributed by atoms with Crippen molar-refractivity contribution in [2.75, 3.05) is 13.7 Å². The van der Waals surface area contributed by atoms with Gasteiger partial charge < -0.3 is 14.6 Å². The third-order valence-corrected chi connectivity index (χ3v) is 3.17. The minimum Gasteiger partial charge on any atom is -0.507 e. The molecule has 0 fully saturated rings. The van der Waals surface area contributed by atoms with E-state index in [1.54, 1.807) is 24.3 Å². The Balaban J connectivity index is 1.97. The maximum Gasteiger partial charge on any atom is 0.273 e. The van der Waals surface area contributed by atoms with Gasteiger partial charge in [0.1, 0.15) is 17.2 Å². The first kappa shape index (κ1) is 17.1. The van der Waals surface area contributed by atoms with Gasteiger partial charge in [-0.15, -0.1) is 0 Å².